The summed E-state index contributed by atoms with van der Waals surface area (Å²) < 4.78 is 113. The number of aromatic nitrogens is 2. The zero-order chi connectivity index (χ0) is 25.7. The van der Waals surface area contributed by atoms with E-state index >= 15 is 0 Å². The zero-order valence-electron chi connectivity index (χ0n) is 15.8. The lowest BCUT2D eigenvalue weighted by atomic mass is 10.2. The van der Waals surface area contributed by atoms with E-state index in [-0.39, 0.29) is 10.6 Å². The van der Waals surface area contributed by atoms with Crippen LogP contribution >= 0.6 is 11.6 Å². The molecule has 178 valence electrons. The van der Waals surface area contributed by atoms with Gasteiger partial charge < -0.3 is 10.6 Å². The average molecular weight is 513 g/mol. The molecule has 0 unspecified atom stereocenters. The van der Waals surface area contributed by atoms with Crippen molar-refractivity contribution in [1.29, 1.82) is 5.26 Å². The maximum Gasteiger partial charge on any atom is 0.433 e. The summed E-state index contributed by atoms with van der Waals surface area (Å²) in [5, 5.41) is 7.79. The molecule has 1 aromatic heterocycles. The zero-order valence-corrected chi connectivity index (χ0v) is 16.5. The van der Waals surface area contributed by atoms with Crippen LogP contribution in [-0.2, 0) is 6.18 Å². The molecule has 0 saturated carbocycles. The van der Waals surface area contributed by atoms with Gasteiger partial charge in [0.25, 0.3) is 5.56 Å². The minimum absolute atomic E-state index is 0.138. The number of benzene rings is 2. The summed E-state index contributed by atoms with van der Waals surface area (Å²) >= 11 is 5.68. The second-order valence-corrected chi connectivity index (χ2v) is 6.67. The normalized spacial score (nSPS) is 11.4. The van der Waals surface area contributed by atoms with Gasteiger partial charge in [0.15, 0.2) is 17.3 Å². The number of alkyl halides is 3. The Bertz CT molecular complexity index is 1480. The van der Waals surface area contributed by atoms with Gasteiger partial charge in [-0.05, 0) is 6.07 Å². The first kappa shape index (κ1) is 24.6. The topological polar surface area (TPSA) is 103 Å². The van der Waals surface area contributed by atoms with Crippen molar-refractivity contribution in [3.05, 3.63) is 84.4 Å². The van der Waals surface area contributed by atoms with E-state index in [2.05, 4.69) is 4.74 Å². The molecule has 2 N–H and O–H groups in total. The number of hydrogen-bond acceptors (Lipinski definition) is 5. The molecule has 0 spiro atoms. The number of halogens is 9. The summed E-state index contributed by atoms with van der Waals surface area (Å²) in [5.74, 6) is -7.87. The second kappa shape index (κ2) is 8.37. The van der Waals surface area contributed by atoms with Gasteiger partial charge in [-0.2, -0.15) is 27.2 Å². The Kier molecular flexibility index (Phi) is 6.05. The fourth-order valence-corrected chi connectivity index (χ4v) is 2.86. The number of nitrogen functional groups attached to an aromatic ring is 1. The highest BCUT2D eigenvalue weighted by atomic mass is 35.5. The van der Waals surface area contributed by atoms with Crippen molar-refractivity contribution >= 4 is 11.6 Å². The molecule has 34 heavy (non-hydrogen) atoms. The highest BCUT2D eigenvalue weighted by molar-refractivity contribution is 6.32. The maximum atomic E-state index is 14.5. The third-order valence-corrected chi connectivity index (χ3v) is 4.51. The Morgan fingerprint density at radius 1 is 0.971 bits per heavy atom. The molecule has 0 saturated heterocycles. The summed E-state index contributed by atoms with van der Waals surface area (Å²) in [6.07, 6.45) is -5.24. The van der Waals surface area contributed by atoms with Crippen molar-refractivity contribution in [2.24, 2.45) is 0 Å². The predicted molar refractivity (Wildman–Crippen MR) is 97.5 cm³/mol. The first-order valence-corrected chi connectivity index (χ1v) is 8.73. The average Bonchev–Trinajstić information content (AvgIpc) is 2.74. The van der Waals surface area contributed by atoms with Gasteiger partial charge in [-0.15, -0.1) is 0 Å². The molecule has 1 heterocycles. The predicted octanol–water partition coefficient (Wildman–Crippen LogP) is 3.74. The molecule has 0 radical (unpaired) electrons. The van der Waals surface area contributed by atoms with Crippen LogP contribution in [0.15, 0.2) is 27.8 Å². The van der Waals surface area contributed by atoms with Gasteiger partial charge in [0, 0.05) is 12.1 Å². The quantitative estimate of drug-likeness (QED) is 0.327. The van der Waals surface area contributed by atoms with E-state index in [9.17, 15) is 44.7 Å². The van der Waals surface area contributed by atoms with Gasteiger partial charge in [-0.25, -0.2) is 27.2 Å². The molecule has 0 aliphatic heterocycles. The monoisotopic (exact) mass is 512 g/mol. The standard InChI is InChI=1S/C18H5ClF8N4O3/c19-6-1-7(20)8(30-11(32)3-10(18(25,26)27)31(29)17(30)33)2-9(6)34-16-14(23)12(21)5(4-28)13(22)15(16)24/h1-3H,29H2. The molecule has 0 atom stereocenters. The Balaban J connectivity index is 2.25. The highest BCUT2D eigenvalue weighted by Gasteiger charge is 2.36. The molecule has 7 nitrogen and oxygen atoms in total. The van der Waals surface area contributed by atoms with Crippen LogP contribution in [0.3, 0.4) is 0 Å². The van der Waals surface area contributed by atoms with Crippen LogP contribution in [0.4, 0.5) is 35.1 Å². The molecular weight excluding hydrogens is 508 g/mol. The number of nitrogens with two attached hydrogens (primary N) is 1. The van der Waals surface area contributed by atoms with Gasteiger partial charge >= 0.3 is 11.9 Å². The van der Waals surface area contributed by atoms with Crippen LogP contribution in [0.5, 0.6) is 11.5 Å². The van der Waals surface area contributed by atoms with Crippen molar-refractivity contribution in [2.45, 2.75) is 6.18 Å². The maximum absolute atomic E-state index is 14.5. The fourth-order valence-electron chi connectivity index (χ4n) is 2.67. The first-order valence-electron chi connectivity index (χ1n) is 8.35. The van der Waals surface area contributed by atoms with Gasteiger partial charge in [-0.3, -0.25) is 4.79 Å². The van der Waals surface area contributed by atoms with Crippen molar-refractivity contribution in [3.8, 4) is 23.3 Å². The van der Waals surface area contributed by atoms with E-state index in [0.717, 1.165) is 6.07 Å². The van der Waals surface area contributed by atoms with Crippen molar-refractivity contribution in [2.75, 3.05) is 5.84 Å². The molecule has 0 amide bonds. The summed E-state index contributed by atoms with van der Waals surface area (Å²) in [6.45, 7) is 0. The Morgan fingerprint density at radius 3 is 2.03 bits per heavy atom. The van der Waals surface area contributed by atoms with Crippen LogP contribution in [0, 0.1) is 40.4 Å². The number of rotatable bonds is 3. The molecule has 3 rings (SSSR count). The van der Waals surface area contributed by atoms with Crippen LogP contribution in [0.1, 0.15) is 11.3 Å². The number of nitrogens with zero attached hydrogens (tertiary/aromatic N) is 3. The molecule has 3 aromatic rings. The molecular formula is C18H5ClF8N4O3. The summed E-state index contributed by atoms with van der Waals surface area (Å²) in [4.78, 5) is 24.4. The summed E-state index contributed by atoms with van der Waals surface area (Å²) in [5.41, 5.74) is -8.25. The minimum atomic E-state index is -5.24. The van der Waals surface area contributed by atoms with E-state index in [1.807, 2.05) is 0 Å². The van der Waals surface area contributed by atoms with Gasteiger partial charge in [0.2, 0.25) is 17.4 Å². The second-order valence-electron chi connectivity index (χ2n) is 6.26. The molecule has 0 bridgehead atoms. The van der Waals surface area contributed by atoms with Crippen LogP contribution in [-0.4, -0.2) is 9.24 Å². The first-order chi connectivity index (χ1) is 15.7. The molecule has 0 aliphatic carbocycles. The molecule has 0 fully saturated rings. The van der Waals surface area contributed by atoms with Crippen molar-refractivity contribution in [1.82, 2.24) is 9.24 Å². The summed E-state index contributed by atoms with van der Waals surface area (Å²) in [6, 6.07) is 1.41. The molecule has 16 heteroatoms. The summed E-state index contributed by atoms with van der Waals surface area (Å²) in [7, 11) is 0. The fraction of sp³-hybridized carbons (Fsp3) is 0.0556. The Hall–Kier alpha value is -4.06. The number of nitriles is 1. The van der Waals surface area contributed by atoms with Crippen molar-refractivity contribution < 1.29 is 39.9 Å². The van der Waals surface area contributed by atoms with E-state index in [4.69, 9.17) is 22.7 Å². The number of hydrogen-bond donors (Lipinski definition) is 1. The molecule has 2 aromatic carbocycles. The SMILES string of the molecule is N#Cc1c(F)c(F)c(Oc2cc(-n3c(=O)cc(C(F)(F)F)n(N)c3=O)c(F)cc2Cl)c(F)c1F. The highest BCUT2D eigenvalue weighted by Crippen LogP contribution is 2.37. The number of ether oxygens (including phenoxy) is 1. The Labute approximate surface area is 186 Å². The van der Waals surface area contributed by atoms with E-state index < -0.39 is 84.7 Å². The van der Waals surface area contributed by atoms with Gasteiger partial charge in [-0.1, -0.05) is 11.6 Å². The molecule has 0 aliphatic rings. The van der Waals surface area contributed by atoms with Gasteiger partial charge in [0.05, 0.1) is 10.7 Å². The van der Waals surface area contributed by atoms with E-state index in [1.165, 1.54) is 0 Å². The lowest BCUT2D eigenvalue weighted by molar-refractivity contribution is -0.143. The Morgan fingerprint density at radius 2 is 1.53 bits per heavy atom. The third-order valence-electron chi connectivity index (χ3n) is 4.22. The smallest absolute Gasteiger partial charge is 0.433 e. The van der Waals surface area contributed by atoms with Crippen LogP contribution < -0.4 is 21.8 Å². The lowest BCUT2D eigenvalue weighted by Gasteiger charge is -2.16. The largest absolute Gasteiger partial charge is 0.449 e. The van der Waals surface area contributed by atoms with E-state index in [0.29, 0.717) is 12.1 Å². The van der Waals surface area contributed by atoms with E-state index in [1.54, 1.807) is 0 Å². The van der Waals surface area contributed by atoms with Crippen molar-refractivity contribution in [3.63, 3.8) is 0 Å². The third kappa shape index (κ3) is 3.92. The van der Waals surface area contributed by atoms with Crippen LogP contribution in [0.25, 0.3) is 5.69 Å². The van der Waals surface area contributed by atoms with Crippen LogP contribution in [0.2, 0.25) is 5.02 Å². The lowest BCUT2D eigenvalue weighted by Crippen LogP contribution is -2.45. The van der Waals surface area contributed by atoms with Gasteiger partial charge in [0.1, 0.15) is 23.2 Å². The minimum Gasteiger partial charge on any atom is -0.449 e.